The predicted octanol–water partition coefficient (Wildman–Crippen LogP) is 2.18. The molecular formula is C10H8ClN3O4S2. The smallest absolute Gasteiger partial charge is 0.258 e. The molecular weight excluding hydrogens is 326 g/mol. The van der Waals surface area contributed by atoms with Gasteiger partial charge in [-0.25, -0.2) is 18.1 Å². The molecule has 106 valence electrons. The number of nitrogens with zero attached hydrogens (tertiary/aromatic N) is 2. The molecule has 2 aromatic rings. The summed E-state index contributed by atoms with van der Waals surface area (Å²) in [6, 6.07) is 3.31. The van der Waals surface area contributed by atoms with Crippen molar-refractivity contribution in [2.24, 2.45) is 0 Å². The summed E-state index contributed by atoms with van der Waals surface area (Å²) in [6.07, 6.45) is 1.56. The van der Waals surface area contributed by atoms with Crippen LogP contribution in [-0.4, -0.2) is 18.3 Å². The molecule has 0 aliphatic rings. The average Bonchev–Trinajstić information content (AvgIpc) is 2.89. The molecule has 2 rings (SSSR count). The summed E-state index contributed by atoms with van der Waals surface area (Å²) in [5.41, 5.74) is -0.455. The van der Waals surface area contributed by atoms with Gasteiger partial charge in [0.25, 0.3) is 5.69 Å². The fourth-order valence-electron chi connectivity index (χ4n) is 1.38. The van der Waals surface area contributed by atoms with Crippen molar-refractivity contribution in [2.75, 3.05) is 0 Å². The number of thiazole rings is 1. The van der Waals surface area contributed by atoms with E-state index in [1.165, 1.54) is 23.5 Å². The second-order valence-electron chi connectivity index (χ2n) is 3.62. The summed E-state index contributed by atoms with van der Waals surface area (Å²) in [6.45, 7) is 0.0242. The van der Waals surface area contributed by atoms with Gasteiger partial charge >= 0.3 is 0 Å². The van der Waals surface area contributed by atoms with E-state index in [-0.39, 0.29) is 16.5 Å². The summed E-state index contributed by atoms with van der Waals surface area (Å²) in [7, 11) is -3.86. The molecule has 0 aliphatic heterocycles. The van der Waals surface area contributed by atoms with Gasteiger partial charge in [-0.3, -0.25) is 10.1 Å². The van der Waals surface area contributed by atoms with Crippen molar-refractivity contribution in [3.8, 4) is 0 Å². The Morgan fingerprint density at radius 2 is 2.20 bits per heavy atom. The van der Waals surface area contributed by atoms with E-state index in [0.717, 1.165) is 6.07 Å². The Bertz CT molecular complexity index is 731. The van der Waals surface area contributed by atoms with Crippen LogP contribution in [-0.2, 0) is 16.6 Å². The molecule has 1 aromatic heterocycles. The molecule has 0 saturated carbocycles. The summed E-state index contributed by atoms with van der Waals surface area (Å²) < 4.78 is 26.3. The average molecular weight is 334 g/mol. The van der Waals surface area contributed by atoms with Crippen LogP contribution in [0.15, 0.2) is 34.7 Å². The minimum atomic E-state index is -3.86. The number of sulfonamides is 1. The number of nitro groups is 1. The van der Waals surface area contributed by atoms with Crippen LogP contribution in [0.3, 0.4) is 0 Å². The standard InChI is InChI=1S/C10H8ClN3O4S2/c11-8-2-1-7(5-9(8)14(15)16)20(17,18)13-6-10-12-3-4-19-10/h1-5,13H,6H2. The number of rotatable bonds is 5. The maximum Gasteiger partial charge on any atom is 0.289 e. The maximum atomic E-state index is 12.0. The number of nitro benzene ring substituents is 1. The number of halogens is 1. The Kier molecular flexibility index (Phi) is 4.33. The lowest BCUT2D eigenvalue weighted by molar-refractivity contribution is -0.384. The van der Waals surface area contributed by atoms with Gasteiger partial charge in [-0.1, -0.05) is 11.6 Å². The third-order valence-corrected chi connectivity index (χ3v) is 4.82. The fourth-order valence-corrected chi connectivity index (χ4v) is 3.22. The minimum Gasteiger partial charge on any atom is -0.258 e. The van der Waals surface area contributed by atoms with E-state index in [1.807, 2.05) is 0 Å². The van der Waals surface area contributed by atoms with Gasteiger partial charge in [-0.05, 0) is 12.1 Å². The predicted molar refractivity (Wildman–Crippen MR) is 74.2 cm³/mol. The van der Waals surface area contributed by atoms with E-state index in [0.29, 0.717) is 5.01 Å². The molecule has 1 heterocycles. The lowest BCUT2D eigenvalue weighted by Gasteiger charge is -2.05. The van der Waals surface area contributed by atoms with E-state index >= 15 is 0 Å². The van der Waals surface area contributed by atoms with Crippen LogP contribution in [0.1, 0.15) is 5.01 Å². The molecule has 0 amide bonds. The molecule has 0 aliphatic carbocycles. The quantitative estimate of drug-likeness (QED) is 0.667. The van der Waals surface area contributed by atoms with E-state index in [1.54, 1.807) is 11.6 Å². The van der Waals surface area contributed by atoms with Crippen molar-refractivity contribution in [1.82, 2.24) is 9.71 Å². The third kappa shape index (κ3) is 3.31. The molecule has 10 heteroatoms. The van der Waals surface area contributed by atoms with Crippen molar-refractivity contribution in [1.29, 1.82) is 0 Å². The van der Waals surface area contributed by atoms with Crippen LogP contribution in [0, 0.1) is 10.1 Å². The molecule has 1 N–H and O–H groups in total. The first kappa shape index (κ1) is 14.9. The van der Waals surface area contributed by atoms with Crippen LogP contribution in [0.5, 0.6) is 0 Å². The first-order chi connectivity index (χ1) is 9.40. The summed E-state index contributed by atoms with van der Waals surface area (Å²) >= 11 is 6.94. The van der Waals surface area contributed by atoms with Crippen molar-refractivity contribution in [3.05, 3.63) is 49.9 Å². The first-order valence-corrected chi connectivity index (χ1v) is 7.96. The van der Waals surface area contributed by atoms with Gasteiger partial charge in [-0.2, -0.15) is 0 Å². The largest absolute Gasteiger partial charge is 0.289 e. The van der Waals surface area contributed by atoms with Crippen LogP contribution < -0.4 is 4.72 Å². The lowest BCUT2D eigenvalue weighted by Crippen LogP contribution is -2.23. The monoisotopic (exact) mass is 333 g/mol. The van der Waals surface area contributed by atoms with E-state index in [2.05, 4.69) is 9.71 Å². The van der Waals surface area contributed by atoms with E-state index < -0.39 is 20.6 Å². The second-order valence-corrected chi connectivity index (χ2v) is 6.77. The van der Waals surface area contributed by atoms with Crippen LogP contribution in [0.25, 0.3) is 0 Å². The number of aromatic nitrogens is 1. The molecule has 1 aromatic carbocycles. The molecule has 7 nitrogen and oxygen atoms in total. The Labute approximate surface area is 123 Å². The van der Waals surface area contributed by atoms with Gasteiger partial charge < -0.3 is 0 Å². The van der Waals surface area contributed by atoms with Crippen LogP contribution >= 0.6 is 22.9 Å². The molecule has 0 atom stereocenters. The number of hydrogen-bond acceptors (Lipinski definition) is 6. The van der Waals surface area contributed by atoms with Crippen molar-refractivity contribution >= 4 is 38.6 Å². The van der Waals surface area contributed by atoms with Gasteiger partial charge in [0.15, 0.2) is 0 Å². The Morgan fingerprint density at radius 1 is 1.45 bits per heavy atom. The minimum absolute atomic E-state index is 0.0242. The van der Waals surface area contributed by atoms with Crippen LogP contribution in [0.2, 0.25) is 5.02 Å². The van der Waals surface area contributed by atoms with E-state index in [4.69, 9.17) is 11.6 Å². The normalized spacial score (nSPS) is 11.4. The number of benzene rings is 1. The summed E-state index contributed by atoms with van der Waals surface area (Å²) in [4.78, 5) is 13.7. The molecule has 0 bridgehead atoms. The maximum absolute atomic E-state index is 12.0. The SMILES string of the molecule is O=[N+]([O-])c1cc(S(=O)(=O)NCc2nccs2)ccc1Cl. The van der Waals surface area contributed by atoms with Gasteiger partial charge in [0.1, 0.15) is 10.0 Å². The van der Waals surface area contributed by atoms with Crippen molar-refractivity contribution < 1.29 is 13.3 Å². The summed E-state index contributed by atoms with van der Waals surface area (Å²) in [5.74, 6) is 0. The highest BCUT2D eigenvalue weighted by Crippen LogP contribution is 2.27. The molecule has 0 radical (unpaired) electrons. The first-order valence-electron chi connectivity index (χ1n) is 5.22. The zero-order chi connectivity index (χ0) is 14.8. The Balaban J connectivity index is 2.25. The van der Waals surface area contributed by atoms with Gasteiger partial charge in [-0.15, -0.1) is 11.3 Å². The van der Waals surface area contributed by atoms with Crippen molar-refractivity contribution in [2.45, 2.75) is 11.4 Å². The molecule has 20 heavy (non-hydrogen) atoms. The highest BCUT2D eigenvalue weighted by Gasteiger charge is 2.20. The zero-order valence-corrected chi connectivity index (χ0v) is 12.2. The molecule has 0 spiro atoms. The summed E-state index contributed by atoms with van der Waals surface area (Å²) in [5, 5.41) is 12.9. The van der Waals surface area contributed by atoms with Gasteiger partial charge in [0.2, 0.25) is 10.0 Å². The molecule has 0 fully saturated rings. The van der Waals surface area contributed by atoms with Crippen molar-refractivity contribution in [3.63, 3.8) is 0 Å². The topological polar surface area (TPSA) is 102 Å². The molecule has 0 unspecified atom stereocenters. The molecule has 0 saturated heterocycles. The highest BCUT2D eigenvalue weighted by molar-refractivity contribution is 7.89. The second kappa shape index (κ2) is 5.83. The van der Waals surface area contributed by atoms with Crippen LogP contribution in [0.4, 0.5) is 5.69 Å². The highest BCUT2D eigenvalue weighted by atomic mass is 35.5. The van der Waals surface area contributed by atoms with E-state index in [9.17, 15) is 18.5 Å². The third-order valence-electron chi connectivity index (χ3n) is 2.32. The Hall–Kier alpha value is -1.55. The zero-order valence-electron chi connectivity index (χ0n) is 9.82. The number of nitrogens with one attached hydrogen (secondary N) is 1. The van der Waals surface area contributed by atoms with Gasteiger partial charge in [0, 0.05) is 17.6 Å². The number of hydrogen-bond donors (Lipinski definition) is 1. The van der Waals surface area contributed by atoms with Gasteiger partial charge in [0.05, 0.1) is 16.4 Å². The fraction of sp³-hybridized carbons (Fsp3) is 0.100. The lowest BCUT2D eigenvalue weighted by atomic mass is 10.3. The Morgan fingerprint density at radius 3 is 2.80 bits per heavy atom.